The van der Waals surface area contributed by atoms with Gasteiger partial charge in [0, 0.05) is 12.1 Å². The molecule has 0 aliphatic heterocycles. The van der Waals surface area contributed by atoms with E-state index in [2.05, 4.69) is 31.2 Å². The van der Waals surface area contributed by atoms with Crippen molar-refractivity contribution in [3.8, 4) is 0 Å². The second-order valence-electron chi connectivity index (χ2n) is 6.83. The number of rotatable bonds is 13. The Morgan fingerprint density at radius 3 is 1.96 bits per heavy atom. The summed E-state index contributed by atoms with van der Waals surface area (Å²) in [6.07, 6.45) is 11.1. The van der Waals surface area contributed by atoms with E-state index in [0.29, 0.717) is 12.8 Å². The third kappa shape index (κ3) is 8.50. The number of benzene rings is 1. The summed E-state index contributed by atoms with van der Waals surface area (Å²) in [6, 6.07) is 8.77. The summed E-state index contributed by atoms with van der Waals surface area (Å²) in [6.45, 7) is 2.19. The van der Waals surface area contributed by atoms with Crippen molar-refractivity contribution in [2.24, 2.45) is 5.73 Å². The van der Waals surface area contributed by atoms with Gasteiger partial charge in [-0.3, -0.25) is 0 Å². The fourth-order valence-electron chi connectivity index (χ4n) is 2.88. The molecule has 0 spiro atoms. The molecular formula is C20H35NO2. The molecule has 4 N–H and O–H groups in total. The Bertz CT molecular complexity index is 405. The monoisotopic (exact) mass is 321 g/mol. The van der Waals surface area contributed by atoms with Crippen molar-refractivity contribution in [1.29, 1.82) is 0 Å². The molecule has 0 aliphatic carbocycles. The summed E-state index contributed by atoms with van der Waals surface area (Å²) in [5.41, 5.74) is 8.08. The summed E-state index contributed by atoms with van der Waals surface area (Å²) in [4.78, 5) is 0. The van der Waals surface area contributed by atoms with Crippen LogP contribution < -0.4 is 5.73 Å². The van der Waals surface area contributed by atoms with Crippen LogP contribution in [-0.2, 0) is 12.8 Å². The van der Waals surface area contributed by atoms with Gasteiger partial charge < -0.3 is 15.9 Å². The van der Waals surface area contributed by atoms with Crippen LogP contribution in [0.2, 0.25) is 0 Å². The van der Waals surface area contributed by atoms with Crippen LogP contribution in [-0.4, -0.2) is 29.0 Å². The Morgan fingerprint density at radius 1 is 0.826 bits per heavy atom. The SMILES string of the molecule is CCCCCCCCc1ccc(CC[C@](N)(CO)CCO)cc1. The van der Waals surface area contributed by atoms with Crippen LogP contribution in [0.5, 0.6) is 0 Å². The fourth-order valence-corrected chi connectivity index (χ4v) is 2.88. The summed E-state index contributed by atoms with van der Waals surface area (Å²) < 4.78 is 0. The molecule has 0 radical (unpaired) electrons. The lowest BCUT2D eigenvalue weighted by atomic mass is 9.90. The van der Waals surface area contributed by atoms with Gasteiger partial charge in [-0.2, -0.15) is 0 Å². The molecule has 1 rings (SSSR count). The lowest BCUT2D eigenvalue weighted by Crippen LogP contribution is -2.44. The number of aliphatic hydroxyl groups excluding tert-OH is 2. The number of hydrogen-bond donors (Lipinski definition) is 3. The normalized spacial score (nSPS) is 13.9. The molecule has 23 heavy (non-hydrogen) atoms. The molecule has 0 saturated carbocycles. The molecule has 0 heterocycles. The maximum Gasteiger partial charge on any atom is 0.0612 e. The molecule has 0 fully saturated rings. The third-order valence-corrected chi connectivity index (χ3v) is 4.68. The highest BCUT2D eigenvalue weighted by Gasteiger charge is 2.22. The highest BCUT2D eigenvalue weighted by Crippen LogP contribution is 2.17. The zero-order valence-corrected chi connectivity index (χ0v) is 14.8. The van der Waals surface area contributed by atoms with E-state index < -0.39 is 5.54 Å². The Balaban J connectivity index is 2.30. The summed E-state index contributed by atoms with van der Waals surface area (Å²) in [5.74, 6) is 0. The average Bonchev–Trinajstić information content (AvgIpc) is 2.57. The van der Waals surface area contributed by atoms with Gasteiger partial charge in [0.25, 0.3) is 0 Å². The maximum absolute atomic E-state index is 9.38. The molecule has 3 heteroatoms. The number of nitrogens with two attached hydrogens (primary N) is 1. The van der Waals surface area contributed by atoms with Crippen molar-refractivity contribution < 1.29 is 10.2 Å². The molecule has 0 unspecified atom stereocenters. The van der Waals surface area contributed by atoms with Gasteiger partial charge in [-0.15, -0.1) is 0 Å². The van der Waals surface area contributed by atoms with Crippen molar-refractivity contribution in [1.82, 2.24) is 0 Å². The molecule has 1 aromatic carbocycles. The van der Waals surface area contributed by atoms with Crippen LogP contribution in [0.1, 0.15) is 69.4 Å². The molecule has 1 atom stereocenters. The summed E-state index contributed by atoms with van der Waals surface area (Å²) >= 11 is 0. The van der Waals surface area contributed by atoms with Gasteiger partial charge in [-0.1, -0.05) is 63.3 Å². The van der Waals surface area contributed by atoms with Crippen LogP contribution in [0.4, 0.5) is 0 Å². The molecule has 0 aliphatic rings. The number of aliphatic hydroxyl groups is 2. The first-order chi connectivity index (χ1) is 11.1. The van der Waals surface area contributed by atoms with Crippen LogP contribution >= 0.6 is 0 Å². The van der Waals surface area contributed by atoms with Gasteiger partial charge in [-0.05, 0) is 43.2 Å². The smallest absolute Gasteiger partial charge is 0.0612 e. The minimum Gasteiger partial charge on any atom is -0.396 e. The lowest BCUT2D eigenvalue weighted by molar-refractivity contribution is 0.149. The Hall–Kier alpha value is -0.900. The molecule has 0 aromatic heterocycles. The van der Waals surface area contributed by atoms with E-state index >= 15 is 0 Å². The molecule has 0 bridgehead atoms. The van der Waals surface area contributed by atoms with Gasteiger partial charge in [0.05, 0.1) is 6.61 Å². The molecule has 132 valence electrons. The van der Waals surface area contributed by atoms with Gasteiger partial charge in [0.15, 0.2) is 0 Å². The zero-order chi connectivity index (χ0) is 17.0. The molecule has 0 saturated heterocycles. The summed E-state index contributed by atoms with van der Waals surface area (Å²) in [7, 11) is 0. The standard InChI is InChI=1S/C20H35NO2/c1-2-3-4-5-6-7-8-18-9-11-19(12-10-18)13-14-20(21,17-23)15-16-22/h9-12,22-23H,2-8,13-17,21H2,1H3/t20-/m1/s1. The number of aryl methyl sites for hydroxylation is 2. The van der Waals surface area contributed by atoms with Crippen LogP contribution in [0.15, 0.2) is 24.3 Å². The van der Waals surface area contributed by atoms with E-state index in [9.17, 15) is 5.11 Å². The van der Waals surface area contributed by atoms with E-state index in [0.717, 1.165) is 12.8 Å². The van der Waals surface area contributed by atoms with E-state index in [1.165, 1.54) is 49.7 Å². The predicted molar refractivity (Wildman–Crippen MR) is 97.6 cm³/mol. The second-order valence-corrected chi connectivity index (χ2v) is 6.83. The average molecular weight is 322 g/mol. The molecular weight excluding hydrogens is 286 g/mol. The number of hydrogen-bond acceptors (Lipinski definition) is 3. The Kier molecular flexibility index (Phi) is 10.2. The highest BCUT2D eigenvalue weighted by molar-refractivity contribution is 5.23. The quantitative estimate of drug-likeness (QED) is 0.486. The van der Waals surface area contributed by atoms with Gasteiger partial charge >= 0.3 is 0 Å². The highest BCUT2D eigenvalue weighted by atomic mass is 16.3. The van der Waals surface area contributed by atoms with Crippen LogP contribution in [0.3, 0.4) is 0 Å². The van der Waals surface area contributed by atoms with E-state index in [1.54, 1.807) is 0 Å². The minimum absolute atomic E-state index is 0.0221. The molecule has 0 amide bonds. The predicted octanol–water partition coefficient (Wildman–Crippen LogP) is 3.59. The fraction of sp³-hybridized carbons (Fsp3) is 0.700. The van der Waals surface area contributed by atoms with Crippen molar-refractivity contribution in [2.45, 2.75) is 76.7 Å². The van der Waals surface area contributed by atoms with Crippen LogP contribution in [0.25, 0.3) is 0 Å². The minimum atomic E-state index is -0.661. The topological polar surface area (TPSA) is 66.5 Å². The molecule has 1 aromatic rings. The van der Waals surface area contributed by atoms with E-state index in [1.807, 2.05) is 0 Å². The lowest BCUT2D eigenvalue weighted by Gasteiger charge is -2.26. The first-order valence-corrected chi connectivity index (χ1v) is 9.22. The second kappa shape index (κ2) is 11.6. The van der Waals surface area contributed by atoms with Crippen molar-refractivity contribution in [2.75, 3.05) is 13.2 Å². The van der Waals surface area contributed by atoms with Crippen molar-refractivity contribution in [3.63, 3.8) is 0 Å². The maximum atomic E-state index is 9.38. The van der Waals surface area contributed by atoms with E-state index in [4.69, 9.17) is 10.8 Å². The third-order valence-electron chi connectivity index (χ3n) is 4.68. The zero-order valence-electron chi connectivity index (χ0n) is 14.8. The number of unbranched alkanes of at least 4 members (excludes halogenated alkanes) is 5. The first-order valence-electron chi connectivity index (χ1n) is 9.22. The van der Waals surface area contributed by atoms with Crippen molar-refractivity contribution >= 4 is 0 Å². The Labute approximate surface area is 141 Å². The molecule has 3 nitrogen and oxygen atoms in total. The van der Waals surface area contributed by atoms with Crippen LogP contribution in [0, 0.1) is 0 Å². The van der Waals surface area contributed by atoms with Gasteiger partial charge in [0.2, 0.25) is 0 Å². The van der Waals surface area contributed by atoms with Crippen molar-refractivity contribution in [3.05, 3.63) is 35.4 Å². The van der Waals surface area contributed by atoms with Gasteiger partial charge in [0.1, 0.15) is 0 Å². The summed E-state index contributed by atoms with van der Waals surface area (Å²) in [5, 5.41) is 18.4. The Morgan fingerprint density at radius 2 is 1.39 bits per heavy atom. The van der Waals surface area contributed by atoms with Gasteiger partial charge in [-0.25, -0.2) is 0 Å². The first kappa shape index (κ1) is 20.1. The largest absolute Gasteiger partial charge is 0.396 e. The van der Waals surface area contributed by atoms with E-state index in [-0.39, 0.29) is 13.2 Å².